The van der Waals surface area contributed by atoms with Crippen LogP contribution in [0.3, 0.4) is 0 Å². The van der Waals surface area contributed by atoms with Crippen molar-refractivity contribution in [3.8, 4) is 0 Å². The van der Waals surface area contributed by atoms with Crippen molar-refractivity contribution in [2.45, 2.75) is 33.4 Å². The Balaban J connectivity index is 2.72. The minimum Gasteiger partial charge on any atom is -0.349 e. The Labute approximate surface area is 89.6 Å². The van der Waals surface area contributed by atoms with Crippen LogP contribution in [0.15, 0.2) is 6.07 Å². The van der Waals surface area contributed by atoms with Gasteiger partial charge in [0.1, 0.15) is 5.69 Å². The van der Waals surface area contributed by atoms with Gasteiger partial charge in [-0.05, 0) is 26.8 Å². The van der Waals surface area contributed by atoms with E-state index < -0.39 is 0 Å². The number of carbonyl (C=O) groups excluding carboxylic acids is 1. The number of nitrogens with one attached hydrogen (secondary N) is 1. The summed E-state index contributed by atoms with van der Waals surface area (Å²) >= 11 is 0. The number of carbonyl (C=O) groups is 1. The predicted octanol–water partition coefficient (Wildman–Crippen LogP) is 0.288. The summed E-state index contributed by atoms with van der Waals surface area (Å²) in [6, 6.07) is 1.74. The third kappa shape index (κ3) is 3.06. The van der Waals surface area contributed by atoms with Crippen LogP contribution in [-0.2, 0) is 6.54 Å². The molecule has 84 valence electrons. The molecule has 0 radical (unpaired) electrons. The van der Waals surface area contributed by atoms with Crippen LogP contribution < -0.4 is 11.1 Å². The largest absolute Gasteiger partial charge is 0.349 e. The van der Waals surface area contributed by atoms with Crippen molar-refractivity contribution in [3.63, 3.8) is 0 Å². The number of hydrogen-bond acceptors (Lipinski definition) is 3. The maximum atomic E-state index is 11.7. The van der Waals surface area contributed by atoms with Gasteiger partial charge in [-0.1, -0.05) is 0 Å². The number of nitrogens with zero attached hydrogens (tertiary/aromatic N) is 2. The second-order valence-electron chi connectivity index (χ2n) is 3.67. The van der Waals surface area contributed by atoms with E-state index in [0.717, 1.165) is 5.69 Å². The Kier molecular flexibility index (Phi) is 3.85. The molecule has 0 saturated heterocycles. The Morgan fingerprint density at radius 3 is 2.93 bits per heavy atom. The van der Waals surface area contributed by atoms with Crippen LogP contribution >= 0.6 is 0 Å². The Morgan fingerprint density at radius 2 is 2.40 bits per heavy atom. The highest BCUT2D eigenvalue weighted by Gasteiger charge is 2.12. The quantitative estimate of drug-likeness (QED) is 0.750. The van der Waals surface area contributed by atoms with Gasteiger partial charge in [0.25, 0.3) is 5.91 Å². The maximum absolute atomic E-state index is 11.7. The lowest BCUT2D eigenvalue weighted by Gasteiger charge is -2.08. The first-order valence-electron chi connectivity index (χ1n) is 5.12. The lowest BCUT2D eigenvalue weighted by molar-refractivity contribution is 0.0941. The predicted molar refractivity (Wildman–Crippen MR) is 58.6 cm³/mol. The van der Waals surface area contributed by atoms with Crippen molar-refractivity contribution < 1.29 is 4.79 Å². The van der Waals surface area contributed by atoms with E-state index >= 15 is 0 Å². The van der Waals surface area contributed by atoms with Gasteiger partial charge in [-0.2, -0.15) is 5.10 Å². The minimum absolute atomic E-state index is 0.0342. The highest BCUT2D eigenvalue weighted by atomic mass is 16.2. The minimum atomic E-state index is -0.116. The van der Waals surface area contributed by atoms with Gasteiger partial charge < -0.3 is 11.1 Å². The molecule has 0 bridgehead atoms. The van der Waals surface area contributed by atoms with Crippen molar-refractivity contribution in [2.75, 3.05) is 6.54 Å². The van der Waals surface area contributed by atoms with Crippen LogP contribution in [0.4, 0.5) is 0 Å². The highest BCUT2D eigenvalue weighted by Crippen LogP contribution is 2.03. The first-order chi connectivity index (χ1) is 7.04. The summed E-state index contributed by atoms with van der Waals surface area (Å²) in [6.07, 6.45) is 0. The standard InChI is InChI=1S/C10H18N4O/c1-4-14-9(5-8(3)13-14)10(15)12-6-7(2)11/h5,7H,4,6,11H2,1-3H3,(H,12,15). The molecular weight excluding hydrogens is 192 g/mol. The van der Waals surface area contributed by atoms with Crippen LogP contribution in [0.5, 0.6) is 0 Å². The molecule has 1 atom stereocenters. The van der Waals surface area contributed by atoms with Crippen molar-refractivity contribution in [1.29, 1.82) is 0 Å². The zero-order chi connectivity index (χ0) is 11.4. The normalized spacial score (nSPS) is 12.5. The van der Waals surface area contributed by atoms with Gasteiger partial charge >= 0.3 is 0 Å². The SMILES string of the molecule is CCn1nc(C)cc1C(=O)NCC(C)N. The molecule has 5 heteroatoms. The fourth-order valence-electron chi connectivity index (χ4n) is 1.31. The first-order valence-corrected chi connectivity index (χ1v) is 5.12. The summed E-state index contributed by atoms with van der Waals surface area (Å²) in [5, 5.41) is 6.96. The van der Waals surface area contributed by atoms with E-state index in [2.05, 4.69) is 10.4 Å². The molecule has 0 aromatic carbocycles. The van der Waals surface area contributed by atoms with E-state index in [1.165, 1.54) is 0 Å². The summed E-state index contributed by atoms with van der Waals surface area (Å²) in [6.45, 7) is 6.84. The molecule has 0 aliphatic rings. The van der Waals surface area contributed by atoms with Crippen molar-refractivity contribution in [1.82, 2.24) is 15.1 Å². The zero-order valence-electron chi connectivity index (χ0n) is 9.45. The van der Waals surface area contributed by atoms with Gasteiger partial charge in [-0.25, -0.2) is 0 Å². The lowest BCUT2D eigenvalue weighted by Crippen LogP contribution is -2.36. The van der Waals surface area contributed by atoms with Crippen molar-refractivity contribution in [2.24, 2.45) is 5.73 Å². The Morgan fingerprint density at radius 1 is 1.73 bits per heavy atom. The number of aryl methyl sites for hydroxylation is 2. The van der Waals surface area contributed by atoms with E-state index in [0.29, 0.717) is 18.8 Å². The van der Waals surface area contributed by atoms with Crippen LogP contribution in [0.1, 0.15) is 30.0 Å². The molecule has 5 nitrogen and oxygen atoms in total. The van der Waals surface area contributed by atoms with Crippen LogP contribution in [0, 0.1) is 6.92 Å². The molecule has 1 aromatic rings. The van der Waals surface area contributed by atoms with Gasteiger partial charge in [0.15, 0.2) is 0 Å². The van der Waals surface area contributed by atoms with Crippen LogP contribution in [-0.4, -0.2) is 28.3 Å². The average molecular weight is 210 g/mol. The van der Waals surface area contributed by atoms with Gasteiger partial charge in [-0.3, -0.25) is 9.48 Å². The molecule has 1 rings (SSSR count). The molecule has 3 N–H and O–H groups in total. The zero-order valence-corrected chi connectivity index (χ0v) is 9.45. The van der Waals surface area contributed by atoms with Crippen molar-refractivity contribution in [3.05, 3.63) is 17.5 Å². The smallest absolute Gasteiger partial charge is 0.269 e. The molecule has 0 spiro atoms. The van der Waals surface area contributed by atoms with Crippen molar-refractivity contribution >= 4 is 5.91 Å². The van der Waals surface area contributed by atoms with E-state index in [4.69, 9.17) is 5.73 Å². The molecule has 1 unspecified atom stereocenters. The van der Waals surface area contributed by atoms with E-state index in [9.17, 15) is 4.79 Å². The Hall–Kier alpha value is -1.36. The number of hydrogen-bond donors (Lipinski definition) is 2. The fraction of sp³-hybridized carbons (Fsp3) is 0.600. The maximum Gasteiger partial charge on any atom is 0.269 e. The van der Waals surface area contributed by atoms with E-state index in [1.54, 1.807) is 10.7 Å². The molecule has 1 amide bonds. The van der Waals surface area contributed by atoms with Gasteiger partial charge in [0.2, 0.25) is 0 Å². The molecule has 0 aliphatic heterocycles. The van der Waals surface area contributed by atoms with Crippen LogP contribution in [0.25, 0.3) is 0 Å². The van der Waals surface area contributed by atoms with Gasteiger partial charge in [0.05, 0.1) is 5.69 Å². The summed E-state index contributed by atoms with van der Waals surface area (Å²) in [5.41, 5.74) is 7.00. The molecule has 0 fully saturated rings. The third-order valence-electron chi connectivity index (χ3n) is 2.02. The first kappa shape index (κ1) is 11.7. The molecule has 15 heavy (non-hydrogen) atoms. The molecule has 1 aromatic heterocycles. The summed E-state index contributed by atoms with van der Waals surface area (Å²) < 4.78 is 1.69. The monoisotopic (exact) mass is 210 g/mol. The van der Waals surface area contributed by atoms with E-state index in [-0.39, 0.29) is 11.9 Å². The summed E-state index contributed by atoms with van der Waals surface area (Å²) in [7, 11) is 0. The summed E-state index contributed by atoms with van der Waals surface area (Å²) in [5.74, 6) is -0.116. The van der Waals surface area contributed by atoms with Gasteiger partial charge in [0, 0.05) is 19.1 Å². The van der Waals surface area contributed by atoms with Crippen LogP contribution in [0.2, 0.25) is 0 Å². The third-order valence-corrected chi connectivity index (χ3v) is 2.02. The Bertz CT molecular complexity index is 343. The topological polar surface area (TPSA) is 72.9 Å². The number of rotatable bonds is 4. The highest BCUT2D eigenvalue weighted by molar-refractivity contribution is 5.92. The number of nitrogens with two attached hydrogens (primary N) is 1. The second kappa shape index (κ2) is 4.93. The van der Waals surface area contributed by atoms with E-state index in [1.807, 2.05) is 20.8 Å². The number of aromatic nitrogens is 2. The molecule has 1 heterocycles. The fourth-order valence-corrected chi connectivity index (χ4v) is 1.31. The average Bonchev–Trinajstić information content (AvgIpc) is 2.56. The second-order valence-corrected chi connectivity index (χ2v) is 3.67. The molecular formula is C10H18N4O. The summed E-state index contributed by atoms with van der Waals surface area (Å²) in [4.78, 5) is 11.7. The molecule has 0 aliphatic carbocycles. The lowest BCUT2D eigenvalue weighted by atomic mass is 10.3. The molecule has 0 saturated carbocycles. The number of amides is 1. The van der Waals surface area contributed by atoms with Gasteiger partial charge in [-0.15, -0.1) is 0 Å².